The third-order valence-corrected chi connectivity index (χ3v) is 2.50. The van der Waals surface area contributed by atoms with Gasteiger partial charge in [0.1, 0.15) is 11.9 Å². The minimum Gasteiger partial charge on any atom is -0.508 e. The molecule has 0 saturated carbocycles. The summed E-state index contributed by atoms with van der Waals surface area (Å²) in [5.41, 5.74) is 3.23. The van der Waals surface area contributed by atoms with Gasteiger partial charge >= 0.3 is 0 Å². The van der Waals surface area contributed by atoms with Crippen molar-refractivity contribution in [1.82, 2.24) is 5.43 Å². The lowest BCUT2D eigenvalue weighted by Gasteiger charge is -2.05. The number of amides is 1. The van der Waals surface area contributed by atoms with E-state index in [0.29, 0.717) is 6.61 Å². The zero-order valence-corrected chi connectivity index (χ0v) is 9.30. The van der Waals surface area contributed by atoms with Gasteiger partial charge in [0.2, 0.25) is 0 Å². The fourth-order valence-corrected chi connectivity index (χ4v) is 1.59. The van der Waals surface area contributed by atoms with E-state index in [1.165, 1.54) is 6.21 Å². The van der Waals surface area contributed by atoms with Crippen LogP contribution in [0.15, 0.2) is 29.4 Å². The first-order chi connectivity index (χ1) is 8.25. The van der Waals surface area contributed by atoms with Crippen molar-refractivity contribution in [2.45, 2.75) is 18.9 Å². The molecule has 0 spiro atoms. The van der Waals surface area contributed by atoms with Crippen LogP contribution in [-0.4, -0.2) is 29.9 Å². The highest BCUT2D eigenvalue weighted by atomic mass is 16.5. The van der Waals surface area contributed by atoms with E-state index < -0.39 is 0 Å². The second kappa shape index (κ2) is 5.45. The van der Waals surface area contributed by atoms with E-state index in [9.17, 15) is 4.79 Å². The van der Waals surface area contributed by atoms with Crippen LogP contribution in [0.25, 0.3) is 0 Å². The quantitative estimate of drug-likeness (QED) is 0.606. The molecule has 1 atom stereocenters. The number of ether oxygens (including phenoxy) is 1. The van der Waals surface area contributed by atoms with Gasteiger partial charge in [-0.2, -0.15) is 5.10 Å². The average Bonchev–Trinajstić information content (AvgIpc) is 2.85. The van der Waals surface area contributed by atoms with Gasteiger partial charge in [0.05, 0.1) is 6.21 Å². The number of phenols is 1. The minimum atomic E-state index is -0.369. The molecule has 1 aromatic carbocycles. The SMILES string of the molecule is O=C(N/N=C\c1ccc(O)cc1)[C@H]1CCCO1. The van der Waals surface area contributed by atoms with Crippen LogP contribution in [0, 0.1) is 0 Å². The van der Waals surface area contributed by atoms with Gasteiger partial charge in [-0.05, 0) is 42.7 Å². The minimum absolute atomic E-state index is 0.200. The lowest BCUT2D eigenvalue weighted by Crippen LogP contribution is -2.30. The van der Waals surface area contributed by atoms with Gasteiger partial charge < -0.3 is 9.84 Å². The number of aromatic hydroxyl groups is 1. The zero-order valence-electron chi connectivity index (χ0n) is 9.30. The normalized spacial score (nSPS) is 19.6. The molecule has 1 aliphatic heterocycles. The van der Waals surface area contributed by atoms with Crippen molar-refractivity contribution in [1.29, 1.82) is 0 Å². The highest BCUT2D eigenvalue weighted by molar-refractivity contribution is 5.84. The molecule has 1 aliphatic rings. The van der Waals surface area contributed by atoms with Crippen molar-refractivity contribution in [3.8, 4) is 5.75 Å². The zero-order chi connectivity index (χ0) is 12.1. The van der Waals surface area contributed by atoms with Crippen LogP contribution in [-0.2, 0) is 9.53 Å². The average molecular weight is 234 g/mol. The smallest absolute Gasteiger partial charge is 0.269 e. The van der Waals surface area contributed by atoms with E-state index in [-0.39, 0.29) is 17.8 Å². The molecule has 1 saturated heterocycles. The summed E-state index contributed by atoms with van der Waals surface area (Å²) in [6.45, 7) is 0.639. The number of hydrogen-bond acceptors (Lipinski definition) is 4. The van der Waals surface area contributed by atoms with Gasteiger partial charge in [0.25, 0.3) is 5.91 Å². The first-order valence-corrected chi connectivity index (χ1v) is 5.49. The van der Waals surface area contributed by atoms with E-state index in [0.717, 1.165) is 18.4 Å². The van der Waals surface area contributed by atoms with Crippen LogP contribution in [0.3, 0.4) is 0 Å². The number of nitrogens with zero attached hydrogens (tertiary/aromatic N) is 1. The Bertz CT molecular complexity index is 408. The molecule has 17 heavy (non-hydrogen) atoms. The molecular weight excluding hydrogens is 220 g/mol. The molecule has 1 heterocycles. The lowest BCUT2D eigenvalue weighted by atomic mass is 10.2. The van der Waals surface area contributed by atoms with E-state index >= 15 is 0 Å². The molecule has 0 unspecified atom stereocenters. The largest absolute Gasteiger partial charge is 0.508 e. The Kier molecular flexibility index (Phi) is 3.72. The van der Waals surface area contributed by atoms with Crippen LogP contribution >= 0.6 is 0 Å². The van der Waals surface area contributed by atoms with Gasteiger partial charge in [-0.1, -0.05) is 0 Å². The van der Waals surface area contributed by atoms with Crippen molar-refractivity contribution in [3.05, 3.63) is 29.8 Å². The summed E-state index contributed by atoms with van der Waals surface area (Å²) in [7, 11) is 0. The molecule has 1 aromatic rings. The predicted octanol–water partition coefficient (Wildman–Crippen LogP) is 1.02. The van der Waals surface area contributed by atoms with Crippen molar-refractivity contribution in [3.63, 3.8) is 0 Å². The Hall–Kier alpha value is -1.88. The molecule has 1 fully saturated rings. The number of rotatable bonds is 3. The van der Waals surface area contributed by atoms with Gasteiger partial charge in [-0.15, -0.1) is 0 Å². The van der Waals surface area contributed by atoms with Gasteiger partial charge in [0.15, 0.2) is 0 Å². The van der Waals surface area contributed by atoms with Crippen molar-refractivity contribution < 1.29 is 14.6 Å². The second-order valence-corrected chi connectivity index (χ2v) is 3.83. The van der Waals surface area contributed by atoms with Gasteiger partial charge in [-0.3, -0.25) is 4.79 Å². The molecule has 2 rings (SSSR count). The third-order valence-electron chi connectivity index (χ3n) is 2.50. The number of hydrogen-bond donors (Lipinski definition) is 2. The molecule has 90 valence electrons. The molecule has 0 aliphatic carbocycles. The summed E-state index contributed by atoms with van der Waals surface area (Å²) in [6.07, 6.45) is 2.82. The summed E-state index contributed by atoms with van der Waals surface area (Å²) in [4.78, 5) is 11.5. The van der Waals surface area contributed by atoms with E-state index in [1.807, 2.05) is 0 Å². The van der Waals surface area contributed by atoms with Crippen LogP contribution in [0.2, 0.25) is 0 Å². The standard InChI is InChI=1S/C12H14N2O3/c15-10-5-3-9(4-6-10)8-13-14-12(16)11-2-1-7-17-11/h3-6,8,11,15H,1-2,7H2,(H,14,16)/b13-8-/t11-/m1/s1. The Morgan fingerprint density at radius 3 is 2.88 bits per heavy atom. The molecule has 0 radical (unpaired) electrons. The molecule has 0 bridgehead atoms. The van der Waals surface area contributed by atoms with Crippen molar-refractivity contribution in [2.75, 3.05) is 6.61 Å². The maximum absolute atomic E-state index is 11.5. The van der Waals surface area contributed by atoms with Gasteiger partial charge in [0, 0.05) is 6.61 Å². The summed E-state index contributed by atoms with van der Waals surface area (Å²) in [5.74, 6) is -0.0110. The van der Waals surface area contributed by atoms with E-state index in [4.69, 9.17) is 9.84 Å². The number of carbonyl (C=O) groups excluding carboxylic acids is 1. The lowest BCUT2D eigenvalue weighted by molar-refractivity contribution is -0.130. The molecular formula is C12H14N2O3. The number of nitrogens with one attached hydrogen (secondary N) is 1. The van der Waals surface area contributed by atoms with Gasteiger partial charge in [-0.25, -0.2) is 5.43 Å². The van der Waals surface area contributed by atoms with Crippen LogP contribution in [0.4, 0.5) is 0 Å². The summed E-state index contributed by atoms with van der Waals surface area (Å²) >= 11 is 0. The molecule has 5 heteroatoms. The topological polar surface area (TPSA) is 70.9 Å². The van der Waals surface area contributed by atoms with E-state index in [1.54, 1.807) is 24.3 Å². The number of carbonyl (C=O) groups is 1. The number of phenolic OH excluding ortho intramolecular Hbond substituents is 1. The Balaban J connectivity index is 1.84. The van der Waals surface area contributed by atoms with Crippen molar-refractivity contribution in [2.24, 2.45) is 5.10 Å². The first kappa shape index (κ1) is 11.6. The Morgan fingerprint density at radius 2 is 2.24 bits per heavy atom. The maximum Gasteiger partial charge on any atom is 0.269 e. The van der Waals surface area contributed by atoms with E-state index in [2.05, 4.69) is 10.5 Å². The van der Waals surface area contributed by atoms with Crippen LogP contribution < -0.4 is 5.43 Å². The summed E-state index contributed by atoms with van der Waals surface area (Å²) < 4.78 is 5.21. The fourth-order valence-electron chi connectivity index (χ4n) is 1.59. The molecule has 0 aromatic heterocycles. The molecule has 2 N–H and O–H groups in total. The fraction of sp³-hybridized carbons (Fsp3) is 0.333. The molecule has 5 nitrogen and oxygen atoms in total. The number of hydrazone groups is 1. The Labute approximate surface area is 99.1 Å². The monoisotopic (exact) mass is 234 g/mol. The van der Waals surface area contributed by atoms with Crippen LogP contribution in [0.5, 0.6) is 5.75 Å². The maximum atomic E-state index is 11.5. The molecule has 1 amide bonds. The predicted molar refractivity (Wildman–Crippen MR) is 62.8 cm³/mol. The first-order valence-electron chi connectivity index (χ1n) is 5.49. The number of benzene rings is 1. The third kappa shape index (κ3) is 3.29. The van der Waals surface area contributed by atoms with Crippen molar-refractivity contribution >= 4 is 12.1 Å². The summed E-state index contributed by atoms with van der Waals surface area (Å²) in [5, 5.41) is 12.9. The van der Waals surface area contributed by atoms with Crippen LogP contribution in [0.1, 0.15) is 18.4 Å². The second-order valence-electron chi connectivity index (χ2n) is 3.83. The highest BCUT2D eigenvalue weighted by Gasteiger charge is 2.22. The Morgan fingerprint density at radius 1 is 1.47 bits per heavy atom. The highest BCUT2D eigenvalue weighted by Crippen LogP contribution is 2.11. The summed E-state index contributed by atoms with van der Waals surface area (Å²) in [6, 6.07) is 6.53.